The van der Waals surface area contributed by atoms with Crippen LogP contribution < -0.4 is 0 Å². The molecule has 70 valence electrons. The molecule has 0 radical (unpaired) electrons. The Bertz CT molecular complexity index is 311. The molecule has 1 aromatic heterocycles. The van der Waals surface area contributed by atoms with E-state index in [0.717, 1.165) is 0 Å². The second kappa shape index (κ2) is 4.47. The van der Waals surface area contributed by atoms with Crippen molar-refractivity contribution in [2.75, 3.05) is 7.11 Å². The monoisotopic (exact) mass is 182 g/mol. The summed E-state index contributed by atoms with van der Waals surface area (Å²) in [6.45, 7) is -0.147. The third-order valence-electron chi connectivity index (χ3n) is 1.42. The Morgan fingerprint density at radius 2 is 2.46 bits per heavy atom. The fourth-order valence-electron chi connectivity index (χ4n) is 0.787. The van der Waals surface area contributed by atoms with E-state index in [1.54, 1.807) is 12.1 Å². The summed E-state index contributed by atoms with van der Waals surface area (Å²) >= 11 is 0. The van der Waals surface area contributed by atoms with E-state index in [-0.39, 0.29) is 6.61 Å². The summed E-state index contributed by atoms with van der Waals surface area (Å²) < 4.78 is 9.47. The first kappa shape index (κ1) is 9.54. The second-order valence-corrected chi connectivity index (χ2v) is 2.32. The van der Waals surface area contributed by atoms with E-state index in [9.17, 15) is 4.79 Å². The molecular weight excluding hydrogens is 172 g/mol. The van der Waals surface area contributed by atoms with Crippen LogP contribution in [0, 0.1) is 0 Å². The maximum absolute atomic E-state index is 10.7. The lowest BCUT2D eigenvalue weighted by Crippen LogP contribution is -1.92. The third kappa shape index (κ3) is 2.76. The molecule has 1 heterocycles. The van der Waals surface area contributed by atoms with Crippen LogP contribution >= 0.6 is 0 Å². The van der Waals surface area contributed by atoms with Gasteiger partial charge in [0.1, 0.15) is 18.1 Å². The third-order valence-corrected chi connectivity index (χ3v) is 1.42. The molecule has 0 aromatic carbocycles. The lowest BCUT2D eigenvalue weighted by molar-refractivity contribution is -0.134. The predicted molar refractivity (Wildman–Crippen MR) is 45.7 cm³/mol. The number of hydrogen-bond donors (Lipinski definition) is 1. The van der Waals surface area contributed by atoms with E-state index in [0.29, 0.717) is 11.5 Å². The molecule has 0 bridgehead atoms. The van der Waals surface area contributed by atoms with Crippen LogP contribution in [0.15, 0.2) is 22.6 Å². The molecule has 1 rings (SSSR count). The Morgan fingerprint density at radius 3 is 3.00 bits per heavy atom. The summed E-state index contributed by atoms with van der Waals surface area (Å²) in [5.74, 6) is 0.529. The van der Waals surface area contributed by atoms with Gasteiger partial charge in [0.25, 0.3) is 0 Å². The summed E-state index contributed by atoms with van der Waals surface area (Å²) in [7, 11) is 1.30. The highest BCUT2D eigenvalue weighted by Crippen LogP contribution is 2.09. The molecule has 0 amide bonds. The number of rotatable bonds is 3. The summed E-state index contributed by atoms with van der Waals surface area (Å²) in [5, 5.41) is 8.67. The number of methoxy groups -OCH3 is 1. The van der Waals surface area contributed by atoms with E-state index in [1.807, 2.05) is 0 Å². The molecule has 4 heteroatoms. The fraction of sp³-hybridized carbons (Fsp3) is 0.222. The zero-order chi connectivity index (χ0) is 9.68. The average Bonchev–Trinajstić information content (AvgIpc) is 2.61. The van der Waals surface area contributed by atoms with Gasteiger partial charge < -0.3 is 14.3 Å². The largest absolute Gasteiger partial charge is 0.466 e. The summed E-state index contributed by atoms with van der Waals surface area (Å²) in [4.78, 5) is 10.7. The molecule has 13 heavy (non-hydrogen) atoms. The van der Waals surface area contributed by atoms with Gasteiger partial charge in [-0.15, -0.1) is 0 Å². The van der Waals surface area contributed by atoms with Gasteiger partial charge in [0, 0.05) is 6.08 Å². The molecule has 0 saturated carbocycles. The van der Waals surface area contributed by atoms with Crippen molar-refractivity contribution in [2.24, 2.45) is 0 Å². The molecule has 1 N–H and O–H groups in total. The Kier molecular flexibility index (Phi) is 3.28. The molecule has 0 unspecified atom stereocenters. The van der Waals surface area contributed by atoms with Gasteiger partial charge in [0.05, 0.1) is 7.11 Å². The number of carbonyl (C=O) groups excluding carboxylic acids is 1. The number of aliphatic hydroxyl groups is 1. The standard InChI is InChI=1S/C9H10O4/c1-12-9(11)5-4-7-2-3-8(6-10)13-7/h2-5,10H,6H2,1H3/b5-4+. The molecule has 0 atom stereocenters. The predicted octanol–water partition coefficient (Wildman–Crippen LogP) is 0.958. The normalized spacial score (nSPS) is 10.6. The zero-order valence-electron chi connectivity index (χ0n) is 7.19. The molecule has 0 saturated heterocycles. The van der Waals surface area contributed by atoms with E-state index >= 15 is 0 Å². The van der Waals surface area contributed by atoms with Crippen molar-refractivity contribution < 1.29 is 19.1 Å². The fourth-order valence-corrected chi connectivity index (χ4v) is 0.787. The highest BCUT2D eigenvalue weighted by Gasteiger charge is 1.97. The van der Waals surface area contributed by atoms with Gasteiger partial charge in [-0.3, -0.25) is 0 Å². The van der Waals surface area contributed by atoms with Crippen molar-refractivity contribution >= 4 is 12.0 Å². The number of aliphatic hydroxyl groups excluding tert-OH is 1. The highest BCUT2D eigenvalue weighted by molar-refractivity contribution is 5.86. The van der Waals surface area contributed by atoms with Gasteiger partial charge in [-0.1, -0.05) is 0 Å². The maximum atomic E-state index is 10.7. The average molecular weight is 182 g/mol. The van der Waals surface area contributed by atoms with Crippen molar-refractivity contribution in [1.29, 1.82) is 0 Å². The summed E-state index contributed by atoms with van der Waals surface area (Å²) in [5.41, 5.74) is 0. The van der Waals surface area contributed by atoms with E-state index in [2.05, 4.69) is 4.74 Å². The van der Waals surface area contributed by atoms with Crippen molar-refractivity contribution in [3.05, 3.63) is 29.7 Å². The Labute approximate surface area is 75.4 Å². The van der Waals surface area contributed by atoms with Crippen LogP contribution in [0.4, 0.5) is 0 Å². The van der Waals surface area contributed by atoms with Crippen LogP contribution in [0.1, 0.15) is 11.5 Å². The minimum atomic E-state index is -0.443. The highest BCUT2D eigenvalue weighted by atomic mass is 16.5. The van der Waals surface area contributed by atoms with E-state index in [1.165, 1.54) is 19.3 Å². The van der Waals surface area contributed by atoms with Gasteiger partial charge >= 0.3 is 5.97 Å². The van der Waals surface area contributed by atoms with Gasteiger partial charge in [0.15, 0.2) is 0 Å². The minimum absolute atomic E-state index is 0.147. The van der Waals surface area contributed by atoms with E-state index in [4.69, 9.17) is 9.52 Å². The van der Waals surface area contributed by atoms with Crippen molar-refractivity contribution in [3.8, 4) is 0 Å². The molecule has 1 aromatic rings. The van der Waals surface area contributed by atoms with Gasteiger partial charge in [0.2, 0.25) is 0 Å². The Balaban J connectivity index is 2.63. The van der Waals surface area contributed by atoms with Crippen LogP contribution in [-0.4, -0.2) is 18.2 Å². The molecule has 0 fully saturated rings. The smallest absolute Gasteiger partial charge is 0.330 e. The molecule has 0 spiro atoms. The summed E-state index contributed by atoms with van der Waals surface area (Å²) in [6, 6.07) is 3.29. The Morgan fingerprint density at radius 1 is 1.69 bits per heavy atom. The zero-order valence-corrected chi connectivity index (χ0v) is 7.19. The lowest BCUT2D eigenvalue weighted by Gasteiger charge is -1.88. The van der Waals surface area contributed by atoms with E-state index < -0.39 is 5.97 Å². The first-order valence-corrected chi connectivity index (χ1v) is 3.72. The molecule has 0 aliphatic rings. The summed E-state index contributed by atoms with van der Waals surface area (Å²) in [6.07, 6.45) is 2.73. The van der Waals surface area contributed by atoms with Gasteiger partial charge in [-0.2, -0.15) is 0 Å². The van der Waals surface area contributed by atoms with Crippen LogP contribution in [0.3, 0.4) is 0 Å². The van der Waals surface area contributed by atoms with Crippen molar-refractivity contribution in [2.45, 2.75) is 6.61 Å². The first-order chi connectivity index (χ1) is 6.26. The number of hydrogen-bond acceptors (Lipinski definition) is 4. The Hall–Kier alpha value is -1.55. The molecular formula is C9H10O4. The number of carbonyl (C=O) groups is 1. The minimum Gasteiger partial charge on any atom is -0.466 e. The second-order valence-electron chi connectivity index (χ2n) is 2.32. The lowest BCUT2D eigenvalue weighted by atomic mass is 10.4. The van der Waals surface area contributed by atoms with Gasteiger partial charge in [-0.05, 0) is 18.2 Å². The van der Waals surface area contributed by atoms with Gasteiger partial charge in [-0.25, -0.2) is 4.79 Å². The van der Waals surface area contributed by atoms with Crippen LogP contribution in [0.25, 0.3) is 6.08 Å². The number of furan rings is 1. The number of ether oxygens (including phenoxy) is 1. The molecule has 0 aliphatic carbocycles. The van der Waals surface area contributed by atoms with Crippen LogP contribution in [-0.2, 0) is 16.1 Å². The van der Waals surface area contributed by atoms with Crippen LogP contribution in [0.5, 0.6) is 0 Å². The maximum Gasteiger partial charge on any atom is 0.330 e. The SMILES string of the molecule is COC(=O)/C=C/c1ccc(CO)o1. The molecule has 0 aliphatic heterocycles. The topological polar surface area (TPSA) is 59.7 Å². The molecule has 4 nitrogen and oxygen atoms in total. The number of esters is 1. The quantitative estimate of drug-likeness (QED) is 0.558. The first-order valence-electron chi connectivity index (χ1n) is 3.72. The van der Waals surface area contributed by atoms with Crippen molar-refractivity contribution in [1.82, 2.24) is 0 Å². The van der Waals surface area contributed by atoms with Crippen molar-refractivity contribution in [3.63, 3.8) is 0 Å². The van der Waals surface area contributed by atoms with Crippen LogP contribution in [0.2, 0.25) is 0 Å².